The van der Waals surface area contributed by atoms with E-state index < -0.39 is 0 Å². The van der Waals surface area contributed by atoms with Crippen LogP contribution in [0.15, 0.2) is 18.2 Å². The van der Waals surface area contributed by atoms with E-state index in [1.807, 2.05) is 6.92 Å². The third-order valence-corrected chi connectivity index (χ3v) is 3.12. The maximum atomic E-state index is 12.2. The normalized spacial score (nSPS) is 11.8. The van der Waals surface area contributed by atoms with Crippen LogP contribution >= 0.6 is 11.6 Å². The minimum Gasteiger partial charge on any atom is -0.497 e. The molecule has 1 aromatic rings. The van der Waals surface area contributed by atoms with E-state index in [0.717, 1.165) is 12.8 Å². The zero-order valence-electron chi connectivity index (χ0n) is 11.5. The molecule has 0 radical (unpaired) electrons. The predicted molar refractivity (Wildman–Crippen MR) is 76.4 cm³/mol. The van der Waals surface area contributed by atoms with Crippen molar-refractivity contribution in [2.75, 3.05) is 20.1 Å². The Bertz CT molecular complexity index is 401. The summed E-state index contributed by atoms with van der Waals surface area (Å²) in [5.41, 5.74) is 0.518. The first-order valence-electron chi connectivity index (χ1n) is 6.24. The second kappa shape index (κ2) is 7.89. The van der Waals surface area contributed by atoms with Gasteiger partial charge in [-0.15, -0.1) is 11.6 Å². The maximum Gasteiger partial charge on any atom is 0.251 e. The van der Waals surface area contributed by atoms with E-state index in [4.69, 9.17) is 21.1 Å². The van der Waals surface area contributed by atoms with E-state index in [-0.39, 0.29) is 11.9 Å². The molecule has 0 aromatic heterocycles. The van der Waals surface area contributed by atoms with E-state index in [0.29, 0.717) is 22.9 Å². The highest BCUT2D eigenvalue weighted by Crippen LogP contribution is 2.22. The number of hydrogen-bond donors (Lipinski definition) is 1. The van der Waals surface area contributed by atoms with Gasteiger partial charge in [0, 0.05) is 23.6 Å². The SMILES string of the molecule is CCC(CCCl)NC(=O)c1cc(OC)cc(OC)c1. The van der Waals surface area contributed by atoms with Gasteiger partial charge in [0.1, 0.15) is 11.5 Å². The molecule has 0 bridgehead atoms. The van der Waals surface area contributed by atoms with Crippen LogP contribution in [-0.2, 0) is 0 Å². The van der Waals surface area contributed by atoms with Gasteiger partial charge in [0.25, 0.3) is 5.91 Å². The lowest BCUT2D eigenvalue weighted by Crippen LogP contribution is -2.34. The van der Waals surface area contributed by atoms with E-state index in [9.17, 15) is 4.79 Å². The second-order valence-corrected chi connectivity index (χ2v) is 4.54. The molecular weight excluding hydrogens is 266 g/mol. The van der Waals surface area contributed by atoms with Crippen LogP contribution in [0.1, 0.15) is 30.1 Å². The molecule has 1 aromatic carbocycles. The van der Waals surface area contributed by atoms with E-state index in [1.54, 1.807) is 32.4 Å². The van der Waals surface area contributed by atoms with Crippen LogP contribution in [0.25, 0.3) is 0 Å². The van der Waals surface area contributed by atoms with Crippen LogP contribution in [0.4, 0.5) is 0 Å². The van der Waals surface area contributed by atoms with Crippen LogP contribution in [0.5, 0.6) is 11.5 Å². The highest BCUT2D eigenvalue weighted by Gasteiger charge is 2.13. The molecule has 0 aliphatic carbocycles. The van der Waals surface area contributed by atoms with Crippen molar-refractivity contribution < 1.29 is 14.3 Å². The smallest absolute Gasteiger partial charge is 0.251 e. The van der Waals surface area contributed by atoms with Crippen LogP contribution in [0, 0.1) is 0 Å². The number of nitrogens with one attached hydrogen (secondary N) is 1. The molecule has 19 heavy (non-hydrogen) atoms. The van der Waals surface area contributed by atoms with Gasteiger partial charge in [0.15, 0.2) is 0 Å². The molecule has 0 saturated carbocycles. The Balaban J connectivity index is 2.86. The number of carbonyl (C=O) groups excluding carboxylic acids is 1. The van der Waals surface area contributed by atoms with Crippen LogP contribution < -0.4 is 14.8 Å². The third kappa shape index (κ3) is 4.63. The summed E-state index contributed by atoms with van der Waals surface area (Å²) in [6, 6.07) is 5.19. The molecule has 1 atom stereocenters. The van der Waals surface area contributed by atoms with Crippen LogP contribution in [0.2, 0.25) is 0 Å². The van der Waals surface area contributed by atoms with Crippen molar-refractivity contribution in [2.45, 2.75) is 25.8 Å². The van der Waals surface area contributed by atoms with Gasteiger partial charge in [-0.25, -0.2) is 0 Å². The highest BCUT2D eigenvalue weighted by atomic mass is 35.5. The van der Waals surface area contributed by atoms with Gasteiger partial charge in [0.05, 0.1) is 14.2 Å². The van der Waals surface area contributed by atoms with Gasteiger partial charge in [-0.2, -0.15) is 0 Å². The number of rotatable bonds is 7. The summed E-state index contributed by atoms with van der Waals surface area (Å²) in [6.45, 7) is 2.02. The van der Waals surface area contributed by atoms with Gasteiger partial charge in [0.2, 0.25) is 0 Å². The summed E-state index contributed by atoms with van der Waals surface area (Å²) in [6.07, 6.45) is 1.60. The third-order valence-electron chi connectivity index (χ3n) is 2.90. The lowest BCUT2D eigenvalue weighted by molar-refractivity contribution is 0.0934. The van der Waals surface area contributed by atoms with E-state index in [2.05, 4.69) is 5.32 Å². The number of methoxy groups -OCH3 is 2. The lowest BCUT2D eigenvalue weighted by atomic mass is 10.1. The highest BCUT2D eigenvalue weighted by molar-refractivity contribution is 6.17. The first-order chi connectivity index (χ1) is 9.14. The Morgan fingerprint density at radius 3 is 2.26 bits per heavy atom. The van der Waals surface area contributed by atoms with Crippen molar-refractivity contribution in [1.82, 2.24) is 5.32 Å². The maximum absolute atomic E-state index is 12.2. The molecule has 4 nitrogen and oxygen atoms in total. The first kappa shape index (κ1) is 15.6. The molecule has 1 rings (SSSR count). The molecule has 106 valence electrons. The summed E-state index contributed by atoms with van der Waals surface area (Å²) in [5, 5.41) is 2.95. The molecule has 0 fully saturated rings. The van der Waals surface area contributed by atoms with Crippen molar-refractivity contribution in [3.8, 4) is 11.5 Å². The molecule has 0 aliphatic heterocycles. The summed E-state index contributed by atoms with van der Waals surface area (Å²) in [7, 11) is 3.11. The molecule has 5 heteroatoms. The number of alkyl halides is 1. The Morgan fingerprint density at radius 2 is 1.84 bits per heavy atom. The zero-order valence-corrected chi connectivity index (χ0v) is 12.3. The summed E-state index contributed by atoms with van der Waals surface area (Å²) < 4.78 is 10.3. The summed E-state index contributed by atoms with van der Waals surface area (Å²) in [5.74, 6) is 1.57. The van der Waals surface area contributed by atoms with Crippen molar-refractivity contribution in [3.05, 3.63) is 23.8 Å². The molecule has 1 amide bonds. The van der Waals surface area contributed by atoms with E-state index >= 15 is 0 Å². The minimum absolute atomic E-state index is 0.0854. The molecule has 1 N–H and O–H groups in total. The molecule has 0 saturated heterocycles. The average molecular weight is 286 g/mol. The fraction of sp³-hybridized carbons (Fsp3) is 0.500. The Kier molecular flexibility index (Phi) is 6.50. The zero-order chi connectivity index (χ0) is 14.3. The van der Waals surface area contributed by atoms with Gasteiger partial charge in [-0.1, -0.05) is 6.92 Å². The second-order valence-electron chi connectivity index (χ2n) is 4.16. The topological polar surface area (TPSA) is 47.6 Å². The number of ether oxygens (including phenoxy) is 2. The van der Waals surface area contributed by atoms with E-state index in [1.165, 1.54) is 0 Å². The molecule has 1 unspecified atom stereocenters. The van der Waals surface area contributed by atoms with Crippen LogP contribution in [-0.4, -0.2) is 32.0 Å². The van der Waals surface area contributed by atoms with Gasteiger partial charge in [-0.05, 0) is 25.0 Å². The largest absolute Gasteiger partial charge is 0.497 e. The van der Waals surface area contributed by atoms with Crippen molar-refractivity contribution in [1.29, 1.82) is 0 Å². The fourth-order valence-corrected chi connectivity index (χ4v) is 1.98. The quantitative estimate of drug-likeness (QED) is 0.784. The molecule has 0 aliphatic rings. The van der Waals surface area contributed by atoms with Crippen molar-refractivity contribution in [2.24, 2.45) is 0 Å². The Hall–Kier alpha value is -1.42. The molecular formula is C14H20ClNO3. The molecule has 0 spiro atoms. The Morgan fingerprint density at radius 1 is 1.26 bits per heavy atom. The summed E-state index contributed by atoms with van der Waals surface area (Å²) in [4.78, 5) is 12.2. The molecule has 0 heterocycles. The number of benzene rings is 1. The lowest BCUT2D eigenvalue weighted by Gasteiger charge is -2.16. The van der Waals surface area contributed by atoms with Gasteiger partial charge >= 0.3 is 0 Å². The Labute approximate surface area is 119 Å². The fourth-order valence-electron chi connectivity index (χ4n) is 1.72. The number of carbonyl (C=O) groups is 1. The number of halogens is 1. The average Bonchev–Trinajstić information content (AvgIpc) is 2.45. The first-order valence-corrected chi connectivity index (χ1v) is 6.77. The monoisotopic (exact) mass is 285 g/mol. The van der Waals surface area contributed by atoms with Crippen molar-refractivity contribution in [3.63, 3.8) is 0 Å². The standard InChI is InChI=1S/C14H20ClNO3/c1-4-11(5-6-15)16-14(17)10-7-12(18-2)9-13(8-10)19-3/h7-9,11H,4-6H2,1-3H3,(H,16,17). The number of hydrogen-bond acceptors (Lipinski definition) is 3. The summed E-state index contributed by atoms with van der Waals surface area (Å²) >= 11 is 5.71. The van der Waals surface area contributed by atoms with Gasteiger partial charge < -0.3 is 14.8 Å². The minimum atomic E-state index is -0.144. The van der Waals surface area contributed by atoms with Gasteiger partial charge in [-0.3, -0.25) is 4.79 Å². The predicted octanol–water partition coefficient (Wildman–Crippen LogP) is 2.84. The van der Waals surface area contributed by atoms with Crippen LogP contribution in [0.3, 0.4) is 0 Å². The number of amides is 1. The van der Waals surface area contributed by atoms with Crippen molar-refractivity contribution >= 4 is 17.5 Å².